The number of fused-ring (bicyclic) bond motifs is 1. The highest BCUT2D eigenvalue weighted by atomic mass is 19.1. The molecular formula is C34H33FN10O3. The SMILES string of the molecule is CC(C)(C=C(C#N)C(=O)n1ccc(-n2nc(-c3ccc(Oc4ccccc4)nc3F)c3c(N)ncnc32)c1)N1CCN(C2COC2)CC1. The lowest BCUT2D eigenvalue weighted by atomic mass is 9.97. The van der Waals surface area contributed by atoms with Crippen molar-refractivity contribution in [3.8, 4) is 34.6 Å². The van der Waals surface area contributed by atoms with E-state index < -0.39 is 17.4 Å². The zero-order chi connectivity index (χ0) is 33.4. The minimum atomic E-state index is -0.823. The van der Waals surface area contributed by atoms with Gasteiger partial charge >= 0.3 is 0 Å². The number of nitrogens with two attached hydrogens (primary N) is 1. The second-order valence-electron chi connectivity index (χ2n) is 12.2. The maximum Gasteiger partial charge on any atom is 0.272 e. The fraction of sp³-hybridized carbons (Fsp3) is 0.294. The van der Waals surface area contributed by atoms with E-state index in [0.29, 0.717) is 28.5 Å². The van der Waals surface area contributed by atoms with Crippen LogP contribution in [0.3, 0.4) is 0 Å². The lowest BCUT2D eigenvalue weighted by molar-refractivity contribution is -0.0816. The topological polar surface area (TPSA) is 153 Å². The molecule has 0 bridgehead atoms. The van der Waals surface area contributed by atoms with E-state index in [0.717, 1.165) is 39.4 Å². The molecule has 0 spiro atoms. The Morgan fingerprint density at radius 1 is 1.10 bits per heavy atom. The number of halogens is 1. The van der Waals surface area contributed by atoms with Crippen molar-refractivity contribution in [2.75, 3.05) is 45.1 Å². The summed E-state index contributed by atoms with van der Waals surface area (Å²) in [6.45, 7) is 9.02. The van der Waals surface area contributed by atoms with E-state index >= 15 is 4.39 Å². The molecule has 244 valence electrons. The van der Waals surface area contributed by atoms with Gasteiger partial charge in [-0.1, -0.05) is 18.2 Å². The van der Waals surface area contributed by atoms with Crippen LogP contribution in [0.25, 0.3) is 28.0 Å². The molecule has 0 unspecified atom stereocenters. The van der Waals surface area contributed by atoms with E-state index in [1.54, 1.807) is 48.8 Å². The number of para-hydroxylation sites is 1. The largest absolute Gasteiger partial charge is 0.439 e. The molecule has 6 heterocycles. The highest BCUT2D eigenvalue weighted by Gasteiger charge is 2.34. The van der Waals surface area contributed by atoms with E-state index in [2.05, 4.69) is 35.9 Å². The molecule has 7 rings (SSSR count). The molecule has 2 fully saturated rings. The second kappa shape index (κ2) is 12.6. The molecule has 4 aromatic heterocycles. The fourth-order valence-corrected chi connectivity index (χ4v) is 6.06. The molecule has 0 atom stereocenters. The standard InChI is InChI=1S/C34H33FN10O3/c1-34(2,44-14-12-42(13-15-44)24-19-47-20-24)16-22(17-36)33(46)43-11-10-23(18-43)45-32-28(31(37)38-21-39-32)29(41-45)26-8-9-27(40-30(26)35)48-25-6-4-3-5-7-25/h3-11,16,18,21,24H,12-15,19-20H2,1-2H3,(H2,37,38,39). The Morgan fingerprint density at radius 2 is 1.88 bits per heavy atom. The number of ether oxygens (including phenoxy) is 2. The van der Waals surface area contributed by atoms with E-state index in [1.165, 1.54) is 27.7 Å². The highest BCUT2D eigenvalue weighted by molar-refractivity contribution is 6.00. The number of nitrogen functional groups attached to an aromatic ring is 1. The predicted octanol–water partition coefficient (Wildman–Crippen LogP) is 4.08. The van der Waals surface area contributed by atoms with E-state index in [1.807, 2.05) is 19.9 Å². The van der Waals surface area contributed by atoms with Gasteiger partial charge in [0.1, 0.15) is 35.2 Å². The number of nitrogens with zero attached hydrogens (tertiary/aromatic N) is 9. The third-order valence-corrected chi connectivity index (χ3v) is 8.81. The minimum absolute atomic E-state index is 0.0144. The average molecular weight is 649 g/mol. The zero-order valence-electron chi connectivity index (χ0n) is 26.5. The van der Waals surface area contributed by atoms with E-state index in [4.69, 9.17) is 15.2 Å². The van der Waals surface area contributed by atoms with Gasteiger partial charge in [0, 0.05) is 50.2 Å². The normalized spacial score (nSPS) is 16.5. The molecule has 0 saturated carbocycles. The van der Waals surface area contributed by atoms with Crippen LogP contribution in [0.2, 0.25) is 0 Å². The van der Waals surface area contributed by atoms with Crippen LogP contribution in [-0.4, -0.2) is 96.0 Å². The van der Waals surface area contributed by atoms with Crippen LogP contribution in [0.5, 0.6) is 11.6 Å². The molecule has 14 heteroatoms. The van der Waals surface area contributed by atoms with Gasteiger partial charge in [-0.3, -0.25) is 19.2 Å². The number of anilines is 1. The number of nitriles is 1. The van der Waals surface area contributed by atoms with Crippen molar-refractivity contribution in [3.63, 3.8) is 0 Å². The predicted molar refractivity (Wildman–Crippen MR) is 175 cm³/mol. The number of carbonyl (C=O) groups is 1. The number of aromatic nitrogens is 6. The van der Waals surface area contributed by atoms with Gasteiger partial charge in [0.2, 0.25) is 11.8 Å². The van der Waals surface area contributed by atoms with Crippen molar-refractivity contribution >= 4 is 22.8 Å². The molecule has 48 heavy (non-hydrogen) atoms. The second-order valence-corrected chi connectivity index (χ2v) is 12.2. The molecule has 0 amide bonds. The first-order valence-corrected chi connectivity index (χ1v) is 15.5. The summed E-state index contributed by atoms with van der Waals surface area (Å²) in [7, 11) is 0. The first kappa shape index (κ1) is 31.1. The Kier molecular flexibility index (Phi) is 8.17. The zero-order valence-corrected chi connectivity index (χ0v) is 26.5. The maximum absolute atomic E-state index is 15.5. The van der Waals surface area contributed by atoms with Crippen LogP contribution in [0.15, 0.2) is 78.9 Å². The summed E-state index contributed by atoms with van der Waals surface area (Å²) in [5, 5.41) is 15.0. The van der Waals surface area contributed by atoms with Gasteiger partial charge in [0.25, 0.3) is 5.91 Å². The summed E-state index contributed by atoms with van der Waals surface area (Å²) in [6, 6.07) is 16.2. The summed E-state index contributed by atoms with van der Waals surface area (Å²) in [5.74, 6) is -0.631. The molecule has 1 aromatic carbocycles. The highest BCUT2D eigenvalue weighted by Crippen LogP contribution is 2.34. The Bertz CT molecular complexity index is 2050. The van der Waals surface area contributed by atoms with Crippen LogP contribution >= 0.6 is 0 Å². The summed E-state index contributed by atoms with van der Waals surface area (Å²) < 4.78 is 29.3. The van der Waals surface area contributed by atoms with Crippen molar-refractivity contribution < 1.29 is 18.7 Å². The van der Waals surface area contributed by atoms with Crippen LogP contribution in [-0.2, 0) is 4.74 Å². The molecule has 2 saturated heterocycles. The number of benzene rings is 1. The number of carbonyl (C=O) groups excluding carboxylic acids is 1. The van der Waals surface area contributed by atoms with E-state index in [-0.39, 0.29) is 28.5 Å². The fourth-order valence-electron chi connectivity index (χ4n) is 6.06. The minimum Gasteiger partial charge on any atom is -0.439 e. The van der Waals surface area contributed by atoms with Crippen molar-refractivity contribution in [2.24, 2.45) is 0 Å². The number of pyridine rings is 1. The van der Waals surface area contributed by atoms with Gasteiger partial charge in [0.05, 0.1) is 35.9 Å². The molecule has 13 nitrogen and oxygen atoms in total. The maximum atomic E-state index is 15.5. The van der Waals surface area contributed by atoms with Crippen LogP contribution < -0.4 is 10.5 Å². The third kappa shape index (κ3) is 5.90. The number of rotatable bonds is 8. The average Bonchev–Trinajstić information content (AvgIpc) is 3.70. The van der Waals surface area contributed by atoms with Crippen molar-refractivity contribution in [1.82, 2.24) is 39.1 Å². The summed E-state index contributed by atoms with van der Waals surface area (Å²) in [6.07, 6.45) is 6.10. The Balaban J connectivity index is 1.15. The van der Waals surface area contributed by atoms with Crippen LogP contribution in [0.1, 0.15) is 18.6 Å². The van der Waals surface area contributed by atoms with Crippen molar-refractivity contribution in [3.05, 3.63) is 84.8 Å². The Hall–Kier alpha value is -5.49. The molecule has 0 radical (unpaired) electrons. The van der Waals surface area contributed by atoms with E-state index in [9.17, 15) is 10.1 Å². The molecule has 0 aliphatic carbocycles. The third-order valence-electron chi connectivity index (χ3n) is 8.81. The molecule has 5 aromatic rings. The van der Waals surface area contributed by atoms with Crippen molar-refractivity contribution in [1.29, 1.82) is 5.26 Å². The summed E-state index contributed by atoms with van der Waals surface area (Å²) >= 11 is 0. The van der Waals surface area contributed by atoms with Crippen LogP contribution in [0, 0.1) is 17.3 Å². The monoisotopic (exact) mass is 648 g/mol. The number of hydrogen-bond donors (Lipinski definition) is 1. The molecular weight excluding hydrogens is 615 g/mol. The summed E-state index contributed by atoms with van der Waals surface area (Å²) in [5.41, 5.74) is 6.71. The lowest BCUT2D eigenvalue weighted by Gasteiger charge is -2.46. The molecule has 2 aliphatic heterocycles. The molecule has 2 N–H and O–H groups in total. The number of allylic oxidation sites excluding steroid dienone is 1. The number of piperazine rings is 1. The van der Waals surface area contributed by atoms with Gasteiger partial charge in [-0.15, -0.1) is 0 Å². The Morgan fingerprint density at radius 3 is 2.56 bits per heavy atom. The van der Waals surface area contributed by atoms with Gasteiger partial charge in [-0.25, -0.2) is 14.6 Å². The van der Waals surface area contributed by atoms with Crippen molar-refractivity contribution in [2.45, 2.75) is 25.4 Å². The first-order chi connectivity index (χ1) is 23.2. The van der Waals surface area contributed by atoms with Gasteiger partial charge in [-0.2, -0.15) is 19.7 Å². The quantitative estimate of drug-likeness (QED) is 0.147. The molecule has 2 aliphatic rings. The first-order valence-electron chi connectivity index (χ1n) is 15.5. The van der Waals surface area contributed by atoms with Gasteiger partial charge in [-0.05, 0) is 44.2 Å². The summed E-state index contributed by atoms with van der Waals surface area (Å²) in [4.78, 5) is 30.8. The van der Waals surface area contributed by atoms with Gasteiger partial charge in [0.15, 0.2) is 5.65 Å². The number of hydrogen-bond acceptors (Lipinski definition) is 11. The Labute approximate surface area is 275 Å². The van der Waals surface area contributed by atoms with Crippen LogP contribution in [0.4, 0.5) is 10.2 Å². The lowest BCUT2D eigenvalue weighted by Crippen LogP contribution is -2.59. The van der Waals surface area contributed by atoms with Gasteiger partial charge < -0.3 is 15.2 Å². The smallest absolute Gasteiger partial charge is 0.272 e.